The number of halogens is 1. The molecular formula is C14H20ClNOS. The largest absolute Gasteiger partial charge is 0.379 e. The van der Waals surface area contributed by atoms with Crippen molar-refractivity contribution in [2.24, 2.45) is 0 Å². The third-order valence-corrected chi connectivity index (χ3v) is 4.74. The number of alkyl halides is 1. The van der Waals surface area contributed by atoms with Crippen LogP contribution in [0.3, 0.4) is 0 Å². The summed E-state index contributed by atoms with van der Waals surface area (Å²) >= 11 is 7.86. The Morgan fingerprint density at radius 1 is 1.33 bits per heavy atom. The molecule has 2 nitrogen and oxygen atoms in total. The Labute approximate surface area is 119 Å². The number of benzene rings is 1. The molecule has 0 atom stereocenters. The Bertz CT molecular complexity index is 380. The fourth-order valence-corrected chi connectivity index (χ4v) is 3.45. The number of morpholine rings is 1. The maximum absolute atomic E-state index is 5.93. The molecule has 0 N–H and O–H groups in total. The first-order chi connectivity index (χ1) is 8.81. The highest BCUT2D eigenvalue weighted by molar-refractivity contribution is 7.99. The fourth-order valence-electron chi connectivity index (χ4n) is 2.07. The van der Waals surface area contributed by atoms with Crippen LogP contribution in [-0.2, 0) is 10.6 Å². The molecule has 0 unspecified atom stereocenters. The van der Waals surface area contributed by atoms with E-state index in [0.717, 1.165) is 38.6 Å². The van der Waals surface area contributed by atoms with Gasteiger partial charge in [-0.1, -0.05) is 12.1 Å². The molecule has 1 aliphatic rings. The van der Waals surface area contributed by atoms with Crippen LogP contribution in [-0.4, -0.2) is 43.5 Å². The van der Waals surface area contributed by atoms with Crippen LogP contribution >= 0.6 is 23.4 Å². The molecule has 0 spiro atoms. The zero-order valence-corrected chi connectivity index (χ0v) is 12.4. The average Bonchev–Trinajstić information content (AvgIpc) is 2.42. The van der Waals surface area contributed by atoms with Gasteiger partial charge < -0.3 is 4.74 Å². The summed E-state index contributed by atoms with van der Waals surface area (Å²) in [6.07, 6.45) is 0. The summed E-state index contributed by atoms with van der Waals surface area (Å²) in [6.45, 7) is 7.20. The van der Waals surface area contributed by atoms with Crippen molar-refractivity contribution in [2.75, 3.05) is 38.6 Å². The van der Waals surface area contributed by atoms with Crippen molar-refractivity contribution >= 4 is 23.4 Å². The summed E-state index contributed by atoms with van der Waals surface area (Å²) in [5.74, 6) is 1.73. The Morgan fingerprint density at radius 2 is 2.11 bits per heavy atom. The molecule has 1 heterocycles. The summed E-state index contributed by atoms with van der Waals surface area (Å²) < 4.78 is 5.35. The highest BCUT2D eigenvalue weighted by Gasteiger charge is 2.10. The quantitative estimate of drug-likeness (QED) is 0.609. The average molecular weight is 286 g/mol. The van der Waals surface area contributed by atoms with Gasteiger partial charge in [0.05, 0.1) is 13.2 Å². The smallest absolute Gasteiger partial charge is 0.0594 e. The van der Waals surface area contributed by atoms with Gasteiger partial charge in [-0.3, -0.25) is 4.90 Å². The molecule has 0 aliphatic carbocycles. The van der Waals surface area contributed by atoms with Crippen LogP contribution in [0.15, 0.2) is 23.1 Å². The second-order valence-corrected chi connectivity index (χ2v) is 5.88. The SMILES string of the molecule is Cc1c(CCl)cccc1SCCN1CCOCC1. The fraction of sp³-hybridized carbons (Fsp3) is 0.571. The van der Waals surface area contributed by atoms with Crippen molar-refractivity contribution in [3.8, 4) is 0 Å². The molecule has 0 radical (unpaired) electrons. The van der Waals surface area contributed by atoms with Gasteiger partial charge in [-0.15, -0.1) is 23.4 Å². The van der Waals surface area contributed by atoms with E-state index in [9.17, 15) is 0 Å². The number of hydrogen-bond acceptors (Lipinski definition) is 3. The van der Waals surface area contributed by atoms with Crippen LogP contribution in [0.25, 0.3) is 0 Å². The zero-order valence-electron chi connectivity index (χ0n) is 10.8. The van der Waals surface area contributed by atoms with Crippen molar-refractivity contribution in [1.82, 2.24) is 4.90 Å². The van der Waals surface area contributed by atoms with Crippen LogP contribution < -0.4 is 0 Å². The van der Waals surface area contributed by atoms with E-state index in [0.29, 0.717) is 5.88 Å². The van der Waals surface area contributed by atoms with E-state index < -0.39 is 0 Å². The minimum absolute atomic E-state index is 0.601. The molecule has 2 rings (SSSR count). The standard InChI is InChI=1S/C14H20ClNOS/c1-12-13(11-15)3-2-4-14(12)18-10-7-16-5-8-17-9-6-16/h2-4H,5-11H2,1H3. The van der Waals surface area contributed by atoms with E-state index in [2.05, 4.69) is 30.0 Å². The zero-order chi connectivity index (χ0) is 12.8. The Hall–Kier alpha value is -0.220. The number of hydrogen-bond donors (Lipinski definition) is 0. The van der Waals surface area contributed by atoms with Crippen molar-refractivity contribution in [3.63, 3.8) is 0 Å². The second-order valence-electron chi connectivity index (χ2n) is 4.48. The molecule has 1 aromatic rings. The van der Waals surface area contributed by atoms with Gasteiger partial charge >= 0.3 is 0 Å². The number of nitrogens with zero attached hydrogens (tertiary/aromatic N) is 1. The maximum atomic E-state index is 5.93. The predicted molar refractivity (Wildman–Crippen MR) is 78.7 cm³/mol. The molecular weight excluding hydrogens is 266 g/mol. The van der Waals surface area contributed by atoms with Gasteiger partial charge in [0.25, 0.3) is 0 Å². The lowest BCUT2D eigenvalue weighted by Gasteiger charge is -2.26. The Kier molecular flexibility index (Phi) is 5.83. The molecule has 0 saturated carbocycles. The molecule has 0 bridgehead atoms. The monoisotopic (exact) mass is 285 g/mol. The molecule has 0 amide bonds. The molecule has 4 heteroatoms. The van der Waals surface area contributed by atoms with Crippen molar-refractivity contribution in [3.05, 3.63) is 29.3 Å². The van der Waals surface area contributed by atoms with E-state index in [1.54, 1.807) is 0 Å². The Morgan fingerprint density at radius 3 is 2.83 bits per heavy atom. The molecule has 1 aliphatic heterocycles. The van der Waals surface area contributed by atoms with E-state index in [-0.39, 0.29) is 0 Å². The van der Waals surface area contributed by atoms with E-state index in [1.807, 2.05) is 11.8 Å². The second kappa shape index (κ2) is 7.39. The summed E-state index contributed by atoms with van der Waals surface area (Å²) in [5.41, 5.74) is 2.58. The number of thioether (sulfide) groups is 1. The molecule has 1 aromatic carbocycles. The molecule has 1 fully saturated rings. The first-order valence-corrected chi connectivity index (χ1v) is 7.90. The normalized spacial score (nSPS) is 17.0. The number of ether oxygens (including phenoxy) is 1. The predicted octanol–water partition coefficient (Wildman–Crippen LogP) is 3.16. The van der Waals surface area contributed by atoms with Crippen molar-refractivity contribution < 1.29 is 4.74 Å². The minimum Gasteiger partial charge on any atom is -0.379 e. The van der Waals surface area contributed by atoms with Gasteiger partial charge in [-0.25, -0.2) is 0 Å². The van der Waals surface area contributed by atoms with E-state index in [4.69, 9.17) is 16.3 Å². The highest BCUT2D eigenvalue weighted by atomic mass is 35.5. The van der Waals surface area contributed by atoms with Gasteiger partial charge in [0, 0.05) is 36.2 Å². The lowest BCUT2D eigenvalue weighted by molar-refractivity contribution is 0.0410. The lowest BCUT2D eigenvalue weighted by atomic mass is 10.1. The maximum Gasteiger partial charge on any atom is 0.0594 e. The van der Waals surface area contributed by atoms with Crippen LogP contribution in [0.4, 0.5) is 0 Å². The molecule has 100 valence electrons. The van der Waals surface area contributed by atoms with Crippen LogP contribution in [0.1, 0.15) is 11.1 Å². The van der Waals surface area contributed by atoms with Crippen LogP contribution in [0.5, 0.6) is 0 Å². The van der Waals surface area contributed by atoms with Gasteiger partial charge in [0.15, 0.2) is 0 Å². The topological polar surface area (TPSA) is 12.5 Å². The minimum atomic E-state index is 0.601. The van der Waals surface area contributed by atoms with Gasteiger partial charge in [0.1, 0.15) is 0 Å². The van der Waals surface area contributed by atoms with Crippen LogP contribution in [0.2, 0.25) is 0 Å². The van der Waals surface area contributed by atoms with Gasteiger partial charge in [-0.05, 0) is 24.1 Å². The van der Waals surface area contributed by atoms with E-state index >= 15 is 0 Å². The van der Waals surface area contributed by atoms with Gasteiger partial charge in [-0.2, -0.15) is 0 Å². The first-order valence-electron chi connectivity index (χ1n) is 6.38. The third-order valence-electron chi connectivity index (χ3n) is 3.31. The van der Waals surface area contributed by atoms with Crippen LogP contribution in [0, 0.1) is 6.92 Å². The molecule has 18 heavy (non-hydrogen) atoms. The molecule has 0 aromatic heterocycles. The van der Waals surface area contributed by atoms with Crippen molar-refractivity contribution in [2.45, 2.75) is 17.7 Å². The highest BCUT2D eigenvalue weighted by Crippen LogP contribution is 2.25. The summed E-state index contributed by atoms with van der Waals surface area (Å²) in [5, 5.41) is 0. The van der Waals surface area contributed by atoms with Crippen molar-refractivity contribution in [1.29, 1.82) is 0 Å². The van der Waals surface area contributed by atoms with Gasteiger partial charge in [0.2, 0.25) is 0 Å². The summed E-state index contributed by atoms with van der Waals surface area (Å²) in [7, 11) is 0. The molecule has 1 saturated heterocycles. The lowest BCUT2D eigenvalue weighted by Crippen LogP contribution is -2.37. The number of rotatable bonds is 5. The van der Waals surface area contributed by atoms with E-state index in [1.165, 1.54) is 16.0 Å². The Balaban J connectivity index is 1.82. The third kappa shape index (κ3) is 3.89. The summed E-state index contributed by atoms with van der Waals surface area (Å²) in [6, 6.07) is 6.39. The first kappa shape index (κ1) is 14.2. The summed E-state index contributed by atoms with van der Waals surface area (Å²) in [4.78, 5) is 3.83.